The molecule has 4 nitrogen and oxygen atoms in total. The van der Waals surface area contributed by atoms with Crippen molar-refractivity contribution >= 4 is 27.5 Å². The first-order valence-electron chi connectivity index (χ1n) is 7.86. The average Bonchev–Trinajstić information content (AvgIpc) is 2.69. The third-order valence-electron chi connectivity index (χ3n) is 3.87. The number of rotatable bonds is 5. The van der Waals surface area contributed by atoms with E-state index in [1.54, 1.807) is 0 Å². The van der Waals surface area contributed by atoms with E-state index in [0.717, 1.165) is 39.2 Å². The summed E-state index contributed by atoms with van der Waals surface area (Å²) < 4.78 is 3.02. The molecule has 1 aromatic carbocycles. The number of carbonyl (C=O) groups is 1. The number of amides is 1. The molecule has 0 atom stereocenters. The minimum atomic E-state index is -0.00859. The van der Waals surface area contributed by atoms with Crippen LogP contribution in [0.2, 0.25) is 0 Å². The molecule has 124 valence electrons. The van der Waals surface area contributed by atoms with Crippen molar-refractivity contribution in [2.24, 2.45) is 5.92 Å². The van der Waals surface area contributed by atoms with E-state index < -0.39 is 0 Å². The molecular weight excluding hydrogens is 354 g/mol. The first kappa shape index (κ1) is 17.7. The molecule has 2 rings (SSSR count). The summed E-state index contributed by atoms with van der Waals surface area (Å²) in [5.74, 6) is 0.519. The Balaban J connectivity index is 2.12. The summed E-state index contributed by atoms with van der Waals surface area (Å²) in [5, 5.41) is 7.56. The van der Waals surface area contributed by atoms with Crippen LogP contribution in [0.25, 0.3) is 0 Å². The largest absolute Gasteiger partial charge is 0.326 e. The molecule has 0 saturated heterocycles. The van der Waals surface area contributed by atoms with Gasteiger partial charge in [-0.15, -0.1) is 0 Å². The van der Waals surface area contributed by atoms with Crippen LogP contribution in [-0.2, 0) is 17.8 Å². The minimum absolute atomic E-state index is 0.00859. The molecule has 5 heteroatoms. The van der Waals surface area contributed by atoms with Crippen LogP contribution in [-0.4, -0.2) is 15.7 Å². The van der Waals surface area contributed by atoms with E-state index >= 15 is 0 Å². The maximum absolute atomic E-state index is 12.4. The fraction of sp³-hybridized carbons (Fsp3) is 0.444. The van der Waals surface area contributed by atoms with Gasteiger partial charge in [0, 0.05) is 28.0 Å². The summed E-state index contributed by atoms with van der Waals surface area (Å²) in [6, 6.07) is 5.84. The van der Waals surface area contributed by atoms with Crippen LogP contribution in [0.1, 0.15) is 36.4 Å². The van der Waals surface area contributed by atoms with Crippen LogP contribution in [0, 0.1) is 26.7 Å². The maximum atomic E-state index is 12.4. The summed E-state index contributed by atoms with van der Waals surface area (Å²) in [5.41, 5.74) is 4.93. The highest BCUT2D eigenvalue weighted by Gasteiger charge is 2.16. The van der Waals surface area contributed by atoms with E-state index in [4.69, 9.17) is 0 Å². The Morgan fingerprint density at radius 3 is 2.61 bits per heavy atom. The van der Waals surface area contributed by atoms with Gasteiger partial charge in [-0.3, -0.25) is 9.48 Å². The highest BCUT2D eigenvalue weighted by atomic mass is 79.9. The van der Waals surface area contributed by atoms with Gasteiger partial charge in [-0.2, -0.15) is 5.10 Å². The van der Waals surface area contributed by atoms with E-state index in [0.29, 0.717) is 12.3 Å². The zero-order chi connectivity index (χ0) is 17.1. The molecule has 0 spiro atoms. The Morgan fingerprint density at radius 2 is 2.00 bits per heavy atom. The van der Waals surface area contributed by atoms with Crippen molar-refractivity contribution in [2.45, 2.75) is 47.6 Å². The predicted octanol–water partition coefficient (Wildman–Crippen LogP) is 4.41. The van der Waals surface area contributed by atoms with Gasteiger partial charge in [0.05, 0.1) is 12.1 Å². The van der Waals surface area contributed by atoms with Crippen molar-refractivity contribution < 1.29 is 4.79 Å². The molecule has 1 heterocycles. The van der Waals surface area contributed by atoms with Crippen molar-refractivity contribution in [1.29, 1.82) is 0 Å². The zero-order valence-electron chi connectivity index (χ0n) is 14.4. The zero-order valence-corrected chi connectivity index (χ0v) is 16.0. The lowest BCUT2D eigenvalue weighted by molar-refractivity contribution is -0.115. The number of nitrogens with zero attached hydrogens (tertiary/aromatic N) is 2. The van der Waals surface area contributed by atoms with Crippen LogP contribution < -0.4 is 5.32 Å². The molecule has 1 N–H and O–H groups in total. The third-order valence-corrected chi connectivity index (χ3v) is 4.36. The van der Waals surface area contributed by atoms with E-state index in [1.807, 2.05) is 43.7 Å². The number of aryl methyl sites for hydroxylation is 2. The van der Waals surface area contributed by atoms with Crippen LogP contribution in [0.3, 0.4) is 0 Å². The molecule has 0 unspecified atom stereocenters. The molecule has 0 aliphatic heterocycles. The predicted molar refractivity (Wildman–Crippen MR) is 97.8 cm³/mol. The second-order valence-electron chi connectivity index (χ2n) is 6.41. The number of aromatic nitrogens is 2. The Labute approximate surface area is 146 Å². The van der Waals surface area contributed by atoms with Gasteiger partial charge in [0.25, 0.3) is 0 Å². The average molecular weight is 378 g/mol. The standard InChI is InChI=1S/C18H24BrN3O/c1-11(2)10-22-14(5)16(13(4)21-22)9-18(23)20-17-7-6-15(19)8-12(17)3/h6-8,11H,9-10H2,1-5H3,(H,20,23). The van der Waals surface area contributed by atoms with Gasteiger partial charge in [-0.05, 0) is 50.5 Å². The van der Waals surface area contributed by atoms with E-state index in [-0.39, 0.29) is 5.91 Å². The van der Waals surface area contributed by atoms with Crippen LogP contribution in [0.5, 0.6) is 0 Å². The quantitative estimate of drug-likeness (QED) is 0.838. The van der Waals surface area contributed by atoms with Gasteiger partial charge in [0.2, 0.25) is 5.91 Å². The van der Waals surface area contributed by atoms with Crippen molar-refractivity contribution in [3.05, 3.63) is 45.2 Å². The van der Waals surface area contributed by atoms with Crippen molar-refractivity contribution in [2.75, 3.05) is 5.32 Å². The van der Waals surface area contributed by atoms with Gasteiger partial charge in [-0.1, -0.05) is 29.8 Å². The van der Waals surface area contributed by atoms with Crippen LogP contribution >= 0.6 is 15.9 Å². The molecule has 0 saturated carbocycles. The molecule has 1 aromatic heterocycles. The number of benzene rings is 1. The summed E-state index contributed by atoms with van der Waals surface area (Å²) in [7, 11) is 0. The van der Waals surface area contributed by atoms with E-state index in [1.165, 1.54) is 0 Å². The summed E-state index contributed by atoms with van der Waals surface area (Å²) >= 11 is 3.43. The number of anilines is 1. The maximum Gasteiger partial charge on any atom is 0.228 e. The number of hydrogen-bond donors (Lipinski definition) is 1. The Kier molecular flexibility index (Phi) is 5.63. The normalized spacial score (nSPS) is 11.1. The molecule has 1 amide bonds. The molecule has 0 radical (unpaired) electrons. The first-order chi connectivity index (χ1) is 10.8. The van der Waals surface area contributed by atoms with Crippen molar-refractivity contribution in [3.8, 4) is 0 Å². The smallest absolute Gasteiger partial charge is 0.228 e. The number of hydrogen-bond acceptors (Lipinski definition) is 2. The molecular formula is C18H24BrN3O. The SMILES string of the molecule is Cc1cc(Br)ccc1NC(=O)Cc1c(C)nn(CC(C)C)c1C. The lowest BCUT2D eigenvalue weighted by Gasteiger charge is -2.10. The second kappa shape index (κ2) is 7.30. The second-order valence-corrected chi connectivity index (χ2v) is 7.33. The Morgan fingerprint density at radius 1 is 1.30 bits per heavy atom. The number of halogens is 1. The Bertz CT molecular complexity index is 719. The summed E-state index contributed by atoms with van der Waals surface area (Å²) in [6.45, 7) is 11.2. The molecule has 23 heavy (non-hydrogen) atoms. The number of nitrogens with one attached hydrogen (secondary N) is 1. The van der Waals surface area contributed by atoms with Gasteiger partial charge in [0.1, 0.15) is 0 Å². The molecule has 0 aliphatic rings. The van der Waals surface area contributed by atoms with Crippen LogP contribution in [0.4, 0.5) is 5.69 Å². The van der Waals surface area contributed by atoms with E-state index in [9.17, 15) is 4.79 Å². The van der Waals surface area contributed by atoms with Crippen molar-refractivity contribution in [1.82, 2.24) is 9.78 Å². The van der Waals surface area contributed by atoms with Gasteiger partial charge in [0.15, 0.2) is 0 Å². The first-order valence-corrected chi connectivity index (χ1v) is 8.66. The molecule has 0 fully saturated rings. The molecule has 2 aromatic rings. The monoisotopic (exact) mass is 377 g/mol. The fourth-order valence-corrected chi connectivity index (χ4v) is 3.11. The molecule has 0 aliphatic carbocycles. The van der Waals surface area contributed by atoms with Gasteiger partial charge >= 0.3 is 0 Å². The fourth-order valence-electron chi connectivity index (χ4n) is 2.64. The third kappa shape index (κ3) is 4.44. The summed E-state index contributed by atoms with van der Waals surface area (Å²) in [6.07, 6.45) is 0.352. The minimum Gasteiger partial charge on any atom is -0.326 e. The molecule has 0 bridgehead atoms. The van der Waals surface area contributed by atoms with Gasteiger partial charge in [-0.25, -0.2) is 0 Å². The lowest BCUT2D eigenvalue weighted by atomic mass is 10.1. The van der Waals surface area contributed by atoms with E-state index in [2.05, 4.69) is 40.2 Å². The topological polar surface area (TPSA) is 46.9 Å². The Hall–Kier alpha value is -1.62. The number of carbonyl (C=O) groups excluding carboxylic acids is 1. The van der Waals surface area contributed by atoms with Crippen LogP contribution in [0.15, 0.2) is 22.7 Å². The van der Waals surface area contributed by atoms with Gasteiger partial charge < -0.3 is 5.32 Å². The highest BCUT2D eigenvalue weighted by Crippen LogP contribution is 2.21. The summed E-state index contributed by atoms with van der Waals surface area (Å²) in [4.78, 5) is 12.4. The highest BCUT2D eigenvalue weighted by molar-refractivity contribution is 9.10. The lowest BCUT2D eigenvalue weighted by Crippen LogP contribution is -2.16. The van der Waals surface area contributed by atoms with Crippen molar-refractivity contribution in [3.63, 3.8) is 0 Å².